The lowest BCUT2D eigenvalue weighted by atomic mass is 10.0. The van der Waals surface area contributed by atoms with Crippen molar-refractivity contribution in [2.75, 3.05) is 10.7 Å². The van der Waals surface area contributed by atoms with Crippen molar-refractivity contribution in [1.82, 2.24) is 9.97 Å². The summed E-state index contributed by atoms with van der Waals surface area (Å²) >= 11 is 3.37. The minimum absolute atomic E-state index is 0.0921. The molecule has 0 radical (unpaired) electrons. The number of anilines is 1. The van der Waals surface area contributed by atoms with Crippen molar-refractivity contribution in [2.24, 2.45) is 0 Å². The van der Waals surface area contributed by atoms with Crippen LogP contribution in [-0.4, -0.2) is 21.6 Å². The molecule has 0 aliphatic heterocycles. The average molecular weight is 462 g/mol. The molecule has 2 aromatic carbocycles. The van der Waals surface area contributed by atoms with E-state index in [0.29, 0.717) is 18.9 Å². The van der Waals surface area contributed by atoms with Crippen LogP contribution in [-0.2, 0) is 11.3 Å². The Bertz CT molecular complexity index is 1160. The zero-order valence-corrected chi connectivity index (χ0v) is 20.0. The SMILES string of the molecule is CC(C)c1cccc2sc(N(Cc3ccccn3)C(=O)CCCSc3ccccc3)nc12. The van der Waals surface area contributed by atoms with E-state index >= 15 is 0 Å². The minimum atomic E-state index is 0.0921. The first kappa shape index (κ1) is 22.5. The lowest BCUT2D eigenvalue weighted by Crippen LogP contribution is -2.30. The summed E-state index contributed by atoms with van der Waals surface area (Å²) in [4.78, 5) is 25.7. The fourth-order valence-corrected chi connectivity index (χ4v) is 5.41. The number of para-hydroxylation sites is 1. The summed E-state index contributed by atoms with van der Waals surface area (Å²) < 4.78 is 1.12. The smallest absolute Gasteiger partial charge is 0.229 e. The van der Waals surface area contributed by atoms with E-state index in [1.54, 1.807) is 29.3 Å². The van der Waals surface area contributed by atoms with Crippen molar-refractivity contribution in [3.63, 3.8) is 0 Å². The standard InChI is InChI=1S/C26H27N3OS2/c1-19(2)22-13-8-14-23-25(22)28-26(32-23)29(18-20-10-6-7-16-27-20)24(30)15-9-17-31-21-11-4-3-5-12-21/h3-8,10-14,16,19H,9,15,17-18H2,1-2H3. The molecule has 0 unspecified atom stereocenters. The summed E-state index contributed by atoms with van der Waals surface area (Å²) in [5.74, 6) is 1.38. The lowest BCUT2D eigenvalue weighted by Gasteiger charge is -2.19. The summed E-state index contributed by atoms with van der Waals surface area (Å²) in [7, 11) is 0. The van der Waals surface area contributed by atoms with Gasteiger partial charge in [-0.2, -0.15) is 0 Å². The molecule has 0 N–H and O–H groups in total. The Balaban J connectivity index is 1.53. The van der Waals surface area contributed by atoms with Gasteiger partial charge in [-0.3, -0.25) is 14.7 Å². The predicted octanol–water partition coefficient (Wildman–Crippen LogP) is 6.92. The van der Waals surface area contributed by atoms with Crippen LogP contribution in [0.1, 0.15) is 43.9 Å². The van der Waals surface area contributed by atoms with Gasteiger partial charge in [-0.15, -0.1) is 11.8 Å². The highest BCUT2D eigenvalue weighted by Crippen LogP contribution is 2.34. The molecule has 2 heterocycles. The summed E-state index contributed by atoms with van der Waals surface area (Å²) in [6.45, 7) is 4.78. The molecule has 0 bridgehead atoms. The van der Waals surface area contributed by atoms with Gasteiger partial charge in [0.15, 0.2) is 5.13 Å². The topological polar surface area (TPSA) is 46.1 Å². The van der Waals surface area contributed by atoms with Crippen molar-refractivity contribution in [1.29, 1.82) is 0 Å². The van der Waals surface area contributed by atoms with Crippen molar-refractivity contribution < 1.29 is 4.79 Å². The number of thiazole rings is 1. The molecule has 4 nitrogen and oxygen atoms in total. The van der Waals surface area contributed by atoms with Gasteiger partial charge in [-0.05, 0) is 54.0 Å². The van der Waals surface area contributed by atoms with E-state index in [1.165, 1.54) is 10.5 Å². The van der Waals surface area contributed by atoms with Crippen molar-refractivity contribution in [2.45, 2.75) is 44.0 Å². The number of hydrogen-bond donors (Lipinski definition) is 0. The molecule has 4 rings (SSSR count). The Morgan fingerprint density at radius 2 is 1.84 bits per heavy atom. The minimum Gasteiger partial charge on any atom is -0.282 e. The molecule has 0 aliphatic rings. The molecular formula is C26H27N3OS2. The molecule has 0 saturated heterocycles. The van der Waals surface area contributed by atoms with Crippen LogP contribution in [0.25, 0.3) is 10.2 Å². The number of nitrogens with zero attached hydrogens (tertiary/aromatic N) is 3. The van der Waals surface area contributed by atoms with Gasteiger partial charge in [-0.25, -0.2) is 4.98 Å². The Kier molecular flexibility index (Phi) is 7.55. The van der Waals surface area contributed by atoms with Crippen LogP contribution in [0.15, 0.2) is 77.8 Å². The number of rotatable bonds is 9. The van der Waals surface area contributed by atoms with E-state index in [1.807, 2.05) is 41.3 Å². The highest BCUT2D eigenvalue weighted by molar-refractivity contribution is 7.99. The summed E-state index contributed by atoms with van der Waals surface area (Å²) in [5.41, 5.74) is 3.08. The van der Waals surface area contributed by atoms with Gasteiger partial charge in [-0.1, -0.05) is 61.6 Å². The zero-order valence-electron chi connectivity index (χ0n) is 18.4. The van der Waals surface area contributed by atoms with Gasteiger partial charge in [0.1, 0.15) is 0 Å². The van der Waals surface area contributed by atoms with Crippen LogP contribution in [0, 0.1) is 0 Å². The van der Waals surface area contributed by atoms with E-state index < -0.39 is 0 Å². The number of carbonyl (C=O) groups is 1. The first-order chi connectivity index (χ1) is 15.6. The van der Waals surface area contributed by atoms with Gasteiger partial charge < -0.3 is 0 Å². The average Bonchev–Trinajstić information content (AvgIpc) is 3.25. The highest BCUT2D eigenvalue weighted by Gasteiger charge is 2.21. The molecule has 0 spiro atoms. The van der Waals surface area contributed by atoms with E-state index in [9.17, 15) is 4.79 Å². The predicted molar refractivity (Wildman–Crippen MR) is 136 cm³/mol. The maximum Gasteiger partial charge on any atom is 0.229 e. The number of hydrogen-bond acceptors (Lipinski definition) is 5. The number of fused-ring (bicyclic) bond motifs is 1. The quantitative estimate of drug-likeness (QED) is 0.200. The van der Waals surface area contributed by atoms with Crippen LogP contribution < -0.4 is 4.90 Å². The van der Waals surface area contributed by atoms with E-state index in [4.69, 9.17) is 4.98 Å². The molecular weight excluding hydrogens is 434 g/mol. The van der Waals surface area contributed by atoms with Gasteiger partial charge in [0.05, 0.1) is 22.5 Å². The maximum absolute atomic E-state index is 13.3. The van der Waals surface area contributed by atoms with Crippen LogP contribution in [0.2, 0.25) is 0 Å². The molecule has 1 amide bonds. The second-order valence-corrected chi connectivity index (χ2v) is 10.1. The molecule has 0 saturated carbocycles. The number of benzene rings is 2. The Morgan fingerprint density at radius 3 is 2.59 bits per heavy atom. The second-order valence-electron chi connectivity index (χ2n) is 7.91. The van der Waals surface area contributed by atoms with Crippen LogP contribution in [0.4, 0.5) is 5.13 Å². The molecule has 0 aliphatic carbocycles. The molecule has 32 heavy (non-hydrogen) atoms. The van der Waals surface area contributed by atoms with Gasteiger partial charge in [0.2, 0.25) is 5.91 Å². The van der Waals surface area contributed by atoms with Crippen molar-refractivity contribution in [3.8, 4) is 0 Å². The monoisotopic (exact) mass is 461 g/mol. The van der Waals surface area contributed by atoms with Gasteiger partial charge in [0.25, 0.3) is 0 Å². The largest absolute Gasteiger partial charge is 0.282 e. The highest BCUT2D eigenvalue weighted by atomic mass is 32.2. The van der Waals surface area contributed by atoms with E-state index in [0.717, 1.165) is 33.2 Å². The fourth-order valence-electron chi connectivity index (χ4n) is 3.52. The third kappa shape index (κ3) is 5.56. The molecule has 0 fully saturated rings. The van der Waals surface area contributed by atoms with Crippen molar-refractivity contribution in [3.05, 3.63) is 84.2 Å². The normalized spacial score (nSPS) is 11.2. The number of aromatic nitrogens is 2. The van der Waals surface area contributed by atoms with E-state index in [-0.39, 0.29) is 5.91 Å². The summed E-state index contributed by atoms with van der Waals surface area (Å²) in [5, 5.41) is 0.750. The Hall–Kier alpha value is -2.70. The van der Waals surface area contributed by atoms with Crippen LogP contribution in [0.5, 0.6) is 0 Å². The first-order valence-corrected chi connectivity index (χ1v) is 12.7. The Labute approximate surface area is 197 Å². The van der Waals surface area contributed by atoms with Gasteiger partial charge in [0, 0.05) is 17.5 Å². The second kappa shape index (κ2) is 10.7. The van der Waals surface area contributed by atoms with Crippen LogP contribution in [0.3, 0.4) is 0 Å². The molecule has 4 aromatic rings. The number of amides is 1. The maximum atomic E-state index is 13.3. The Morgan fingerprint density at radius 1 is 1.03 bits per heavy atom. The van der Waals surface area contributed by atoms with Crippen molar-refractivity contribution >= 4 is 44.4 Å². The number of thioether (sulfide) groups is 1. The summed E-state index contributed by atoms with van der Waals surface area (Å²) in [6.07, 6.45) is 3.07. The molecule has 6 heteroatoms. The number of pyridine rings is 1. The third-order valence-electron chi connectivity index (χ3n) is 5.19. The fraction of sp³-hybridized carbons (Fsp3) is 0.269. The van der Waals surface area contributed by atoms with Crippen LogP contribution >= 0.6 is 23.1 Å². The first-order valence-electron chi connectivity index (χ1n) is 10.9. The van der Waals surface area contributed by atoms with Gasteiger partial charge >= 0.3 is 0 Å². The molecule has 2 aromatic heterocycles. The number of carbonyl (C=O) groups excluding carboxylic acids is 1. The summed E-state index contributed by atoms with van der Waals surface area (Å²) in [6, 6.07) is 22.4. The van der Waals surface area contributed by atoms with E-state index in [2.05, 4.69) is 49.2 Å². The third-order valence-corrected chi connectivity index (χ3v) is 7.33. The molecule has 0 atom stereocenters. The lowest BCUT2D eigenvalue weighted by molar-refractivity contribution is -0.118. The zero-order chi connectivity index (χ0) is 22.3. The molecule has 164 valence electrons.